The standard InChI is InChI=1S/C16H22N2O4S/c1-12-6-8-14(9-7-12)18-16(20)11-23(21,22)10-15(19)17-13-4-2-3-5-13/h6-9,13H,2-5,10-11H2,1H3,(H,17,19)(H,18,20). The van der Waals surface area contributed by atoms with Crippen LogP contribution in [0.5, 0.6) is 0 Å². The van der Waals surface area contributed by atoms with Crippen LogP contribution in [0, 0.1) is 6.92 Å². The first kappa shape index (κ1) is 17.5. The van der Waals surface area contributed by atoms with E-state index in [2.05, 4.69) is 10.6 Å². The smallest absolute Gasteiger partial charge is 0.239 e. The van der Waals surface area contributed by atoms with Gasteiger partial charge in [0.05, 0.1) is 0 Å². The second kappa shape index (κ2) is 7.59. The van der Waals surface area contributed by atoms with Crippen molar-refractivity contribution in [3.63, 3.8) is 0 Å². The molecule has 0 spiro atoms. The molecule has 0 radical (unpaired) electrons. The van der Waals surface area contributed by atoms with Gasteiger partial charge in [-0.3, -0.25) is 9.59 Å². The van der Waals surface area contributed by atoms with E-state index in [9.17, 15) is 18.0 Å². The van der Waals surface area contributed by atoms with Crippen molar-refractivity contribution in [3.05, 3.63) is 29.8 Å². The Morgan fingerprint density at radius 3 is 2.22 bits per heavy atom. The van der Waals surface area contributed by atoms with Gasteiger partial charge in [0.15, 0.2) is 9.84 Å². The first-order valence-corrected chi connectivity index (χ1v) is 9.52. The lowest BCUT2D eigenvalue weighted by Crippen LogP contribution is -2.38. The van der Waals surface area contributed by atoms with Crippen LogP contribution in [0.15, 0.2) is 24.3 Å². The fraction of sp³-hybridized carbons (Fsp3) is 0.500. The summed E-state index contributed by atoms with van der Waals surface area (Å²) in [4.78, 5) is 23.6. The third-order valence-electron chi connectivity index (χ3n) is 3.76. The molecule has 1 aromatic rings. The van der Waals surface area contributed by atoms with E-state index in [1.807, 2.05) is 19.1 Å². The van der Waals surface area contributed by atoms with E-state index in [0.717, 1.165) is 31.2 Å². The fourth-order valence-electron chi connectivity index (χ4n) is 2.62. The van der Waals surface area contributed by atoms with E-state index in [-0.39, 0.29) is 6.04 Å². The maximum atomic E-state index is 11.9. The number of aryl methyl sites for hydroxylation is 1. The Morgan fingerprint density at radius 2 is 1.61 bits per heavy atom. The quantitative estimate of drug-likeness (QED) is 0.820. The summed E-state index contributed by atoms with van der Waals surface area (Å²) in [6.07, 6.45) is 3.88. The Balaban J connectivity index is 1.83. The van der Waals surface area contributed by atoms with Crippen LogP contribution in [0.2, 0.25) is 0 Å². The zero-order valence-electron chi connectivity index (χ0n) is 13.2. The lowest BCUT2D eigenvalue weighted by atomic mass is 10.2. The summed E-state index contributed by atoms with van der Waals surface area (Å²) >= 11 is 0. The van der Waals surface area contributed by atoms with Crippen LogP contribution in [0.4, 0.5) is 5.69 Å². The number of rotatable bonds is 6. The minimum atomic E-state index is -3.77. The first-order chi connectivity index (χ1) is 10.8. The number of hydrogen-bond acceptors (Lipinski definition) is 4. The molecule has 2 rings (SSSR count). The van der Waals surface area contributed by atoms with Crippen LogP contribution in [0.1, 0.15) is 31.2 Å². The number of carbonyl (C=O) groups is 2. The van der Waals surface area contributed by atoms with Crippen LogP contribution in [-0.4, -0.2) is 37.8 Å². The second-order valence-corrected chi connectivity index (χ2v) is 8.06. The van der Waals surface area contributed by atoms with E-state index in [1.54, 1.807) is 12.1 Å². The molecular formula is C16H22N2O4S. The Bertz CT molecular complexity index is 662. The largest absolute Gasteiger partial charge is 0.352 e. The van der Waals surface area contributed by atoms with Gasteiger partial charge >= 0.3 is 0 Å². The summed E-state index contributed by atoms with van der Waals surface area (Å²) in [5, 5.41) is 5.24. The monoisotopic (exact) mass is 338 g/mol. The molecule has 7 heteroatoms. The molecule has 0 bridgehead atoms. The molecule has 1 aliphatic rings. The molecule has 1 saturated carbocycles. The molecule has 23 heavy (non-hydrogen) atoms. The van der Waals surface area contributed by atoms with Crippen LogP contribution >= 0.6 is 0 Å². The highest BCUT2D eigenvalue weighted by Gasteiger charge is 2.23. The van der Waals surface area contributed by atoms with E-state index in [1.165, 1.54) is 0 Å². The maximum absolute atomic E-state index is 11.9. The zero-order chi connectivity index (χ0) is 16.9. The van der Waals surface area contributed by atoms with Crippen molar-refractivity contribution < 1.29 is 18.0 Å². The summed E-state index contributed by atoms with van der Waals surface area (Å²) in [7, 11) is -3.77. The summed E-state index contributed by atoms with van der Waals surface area (Å²) < 4.78 is 23.9. The molecule has 0 aliphatic heterocycles. The highest BCUT2D eigenvalue weighted by atomic mass is 32.2. The molecular weight excluding hydrogens is 316 g/mol. The lowest BCUT2D eigenvalue weighted by molar-refractivity contribution is -0.119. The molecule has 2 amide bonds. The number of sulfone groups is 1. The van der Waals surface area contributed by atoms with Gasteiger partial charge in [-0.1, -0.05) is 30.5 Å². The average Bonchev–Trinajstić information content (AvgIpc) is 2.92. The molecule has 0 unspecified atom stereocenters. The van der Waals surface area contributed by atoms with Crippen LogP contribution in [0.3, 0.4) is 0 Å². The van der Waals surface area contributed by atoms with Gasteiger partial charge in [0, 0.05) is 11.7 Å². The average molecular weight is 338 g/mol. The summed E-state index contributed by atoms with van der Waals surface area (Å²) in [6, 6.07) is 7.11. The normalized spacial score (nSPS) is 15.3. The van der Waals surface area contributed by atoms with Gasteiger partial charge in [-0.05, 0) is 31.9 Å². The van der Waals surface area contributed by atoms with Crippen molar-refractivity contribution in [2.75, 3.05) is 16.8 Å². The third-order valence-corrected chi connectivity index (χ3v) is 5.16. The van der Waals surface area contributed by atoms with E-state index in [4.69, 9.17) is 0 Å². The Kier molecular flexibility index (Phi) is 5.76. The SMILES string of the molecule is Cc1ccc(NC(=O)CS(=O)(=O)CC(=O)NC2CCCC2)cc1. The Hall–Kier alpha value is -1.89. The minimum absolute atomic E-state index is 0.0686. The molecule has 0 atom stereocenters. The Morgan fingerprint density at radius 1 is 1.04 bits per heavy atom. The number of hydrogen-bond donors (Lipinski definition) is 2. The maximum Gasteiger partial charge on any atom is 0.239 e. The van der Waals surface area contributed by atoms with Crippen molar-refractivity contribution in [1.82, 2.24) is 5.32 Å². The van der Waals surface area contributed by atoms with Gasteiger partial charge in [0.25, 0.3) is 0 Å². The Labute approximate surface area is 136 Å². The van der Waals surface area contributed by atoms with Crippen LogP contribution in [0.25, 0.3) is 0 Å². The van der Waals surface area contributed by atoms with Crippen molar-refractivity contribution in [1.29, 1.82) is 0 Å². The molecule has 1 aromatic carbocycles. The first-order valence-electron chi connectivity index (χ1n) is 7.70. The van der Waals surface area contributed by atoms with Gasteiger partial charge in [-0.15, -0.1) is 0 Å². The van der Waals surface area contributed by atoms with Gasteiger partial charge in [-0.25, -0.2) is 8.42 Å². The van der Waals surface area contributed by atoms with Crippen molar-refractivity contribution in [2.24, 2.45) is 0 Å². The zero-order valence-corrected chi connectivity index (χ0v) is 14.0. The topological polar surface area (TPSA) is 92.3 Å². The van der Waals surface area contributed by atoms with Crippen molar-refractivity contribution >= 4 is 27.3 Å². The van der Waals surface area contributed by atoms with E-state index < -0.39 is 33.2 Å². The van der Waals surface area contributed by atoms with Crippen LogP contribution < -0.4 is 10.6 Å². The van der Waals surface area contributed by atoms with Gasteiger partial charge in [0.2, 0.25) is 11.8 Å². The predicted octanol–water partition coefficient (Wildman–Crippen LogP) is 1.41. The highest BCUT2D eigenvalue weighted by Crippen LogP contribution is 2.17. The minimum Gasteiger partial charge on any atom is -0.352 e. The molecule has 6 nitrogen and oxygen atoms in total. The molecule has 2 N–H and O–H groups in total. The predicted molar refractivity (Wildman–Crippen MR) is 88.9 cm³/mol. The molecule has 1 aliphatic carbocycles. The molecule has 1 fully saturated rings. The second-order valence-electron chi connectivity index (χ2n) is 6.00. The number of nitrogens with one attached hydrogen (secondary N) is 2. The summed E-state index contributed by atoms with van der Waals surface area (Å²) in [5.41, 5.74) is 1.57. The molecule has 0 heterocycles. The van der Waals surface area contributed by atoms with E-state index in [0.29, 0.717) is 5.69 Å². The van der Waals surface area contributed by atoms with Gasteiger partial charge < -0.3 is 10.6 Å². The fourth-order valence-corrected chi connectivity index (χ4v) is 3.68. The number of anilines is 1. The highest BCUT2D eigenvalue weighted by molar-refractivity contribution is 7.92. The lowest BCUT2D eigenvalue weighted by Gasteiger charge is -2.12. The number of carbonyl (C=O) groups excluding carboxylic acids is 2. The van der Waals surface area contributed by atoms with Crippen molar-refractivity contribution in [3.8, 4) is 0 Å². The van der Waals surface area contributed by atoms with Crippen molar-refractivity contribution in [2.45, 2.75) is 38.6 Å². The summed E-state index contributed by atoms with van der Waals surface area (Å²) in [5.74, 6) is -2.51. The van der Waals surface area contributed by atoms with Crippen LogP contribution in [-0.2, 0) is 19.4 Å². The number of amides is 2. The number of benzene rings is 1. The van der Waals surface area contributed by atoms with Gasteiger partial charge in [0.1, 0.15) is 11.5 Å². The van der Waals surface area contributed by atoms with Gasteiger partial charge in [-0.2, -0.15) is 0 Å². The third kappa shape index (κ3) is 6.02. The summed E-state index contributed by atoms with van der Waals surface area (Å²) in [6.45, 7) is 1.92. The molecule has 0 aromatic heterocycles. The molecule has 0 saturated heterocycles. The van der Waals surface area contributed by atoms with E-state index >= 15 is 0 Å². The molecule has 126 valence electrons.